The van der Waals surface area contributed by atoms with Gasteiger partial charge in [0.25, 0.3) is 5.91 Å². The molecule has 1 aromatic heterocycles. The fourth-order valence-electron chi connectivity index (χ4n) is 2.59. The molecular weight excluding hydrogens is 356 g/mol. The molecule has 3 rings (SSSR count). The van der Waals surface area contributed by atoms with Crippen molar-refractivity contribution in [1.82, 2.24) is 5.32 Å². The maximum atomic E-state index is 12.3. The summed E-state index contributed by atoms with van der Waals surface area (Å²) in [6, 6.07) is 19.9. The number of carbonyl (C=O) groups excluding carboxylic acids is 1. The first-order valence-electron chi connectivity index (χ1n) is 8.90. The fraction of sp³-hybridized carbons (Fsp3) is 0.182. The number of benzene rings is 2. The van der Waals surface area contributed by atoms with Crippen LogP contribution in [0.15, 0.2) is 65.1 Å². The van der Waals surface area contributed by atoms with Gasteiger partial charge in [-0.05, 0) is 48.9 Å². The first kappa shape index (κ1) is 19.1. The quantitative estimate of drug-likeness (QED) is 0.641. The van der Waals surface area contributed by atoms with Crippen molar-refractivity contribution in [3.8, 4) is 17.6 Å². The number of ether oxygens (including phenoxy) is 2. The van der Waals surface area contributed by atoms with Crippen LogP contribution in [0.5, 0.6) is 11.5 Å². The summed E-state index contributed by atoms with van der Waals surface area (Å²) in [5, 5.41) is 11.9. The second kappa shape index (κ2) is 9.28. The third kappa shape index (κ3) is 4.92. The van der Waals surface area contributed by atoms with E-state index in [0.29, 0.717) is 30.2 Å². The van der Waals surface area contributed by atoms with E-state index in [9.17, 15) is 4.79 Å². The van der Waals surface area contributed by atoms with Gasteiger partial charge >= 0.3 is 0 Å². The Balaban J connectivity index is 1.55. The molecule has 6 nitrogen and oxygen atoms in total. The molecule has 0 unspecified atom stereocenters. The molecule has 1 heterocycles. The minimum atomic E-state index is -0.314. The molecule has 6 heteroatoms. The Morgan fingerprint density at radius 2 is 1.96 bits per heavy atom. The van der Waals surface area contributed by atoms with E-state index in [1.165, 1.54) is 0 Å². The van der Waals surface area contributed by atoms with Crippen LogP contribution in [-0.4, -0.2) is 12.5 Å². The Kier molecular flexibility index (Phi) is 6.32. The highest BCUT2D eigenvalue weighted by Gasteiger charge is 2.12. The van der Waals surface area contributed by atoms with E-state index >= 15 is 0 Å². The lowest BCUT2D eigenvalue weighted by molar-refractivity contribution is 0.0919. The summed E-state index contributed by atoms with van der Waals surface area (Å²) >= 11 is 0. The molecule has 142 valence electrons. The summed E-state index contributed by atoms with van der Waals surface area (Å²) in [6.07, 6.45) is 0. The van der Waals surface area contributed by atoms with E-state index in [2.05, 4.69) is 11.4 Å². The normalized spacial score (nSPS) is 10.1. The molecule has 0 aliphatic rings. The van der Waals surface area contributed by atoms with Gasteiger partial charge in [-0.3, -0.25) is 4.79 Å². The van der Waals surface area contributed by atoms with Gasteiger partial charge in [-0.15, -0.1) is 0 Å². The van der Waals surface area contributed by atoms with Crippen LogP contribution >= 0.6 is 0 Å². The predicted octanol–water partition coefficient (Wildman–Crippen LogP) is 4.06. The van der Waals surface area contributed by atoms with Crippen LogP contribution in [0.3, 0.4) is 0 Å². The Bertz CT molecular complexity index is 988. The van der Waals surface area contributed by atoms with Gasteiger partial charge in [-0.2, -0.15) is 5.26 Å². The first-order chi connectivity index (χ1) is 13.7. The molecule has 1 N–H and O–H groups in total. The number of amides is 1. The van der Waals surface area contributed by atoms with E-state index in [1.807, 2.05) is 31.2 Å². The van der Waals surface area contributed by atoms with Gasteiger partial charge in [-0.1, -0.05) is 24.3 Å². The summed E-state index contributed by atoms with van der Waals surface area (Å²) in [5.41, 5.74) is 1.38. The van der Waals surface area contributed by atoms with Crippen molar-refractivity contribution >= 4 is 5.91 Å². The average molecular weight is 376 g/mol. The van der Waals surface area contributed by atoms with Crippen molar-refractivity contribution in [2.45, 2.75) is 20.1 Å². The summed E-state index contributed by atoms with van der Waals surface area (Å²) in [6.45, 7) is 3.00. The topological polar surface area (TPSA) is 84.5 Å². The maximum Gasteiger partial charge on any atom is 0.287 e. The molecule has 1 amide bonds. The zero-order valence-electron chi connectivity index (χ0n) is 15.5. The highest BCUT2D eigenvalue weighted by atomic mass is 16.5. The van der Waals surface area contributed by atoms with E-state index in [-0.39, 0.29) is 18.3 Å². The second-order valence-electron chi connectivity index (χ2n) is 5.93. The van der Waals surface area contributed by atoms with Crippen molar-refractivity contribution in [3.63, 3.8) is 0 Å². The number of nitriles is 1. The van der Waals surface area contributed by atoms with Crippen molar-refractivity contribution < 1.29 is 18.7 Å². The highest BCUT2D eigenvalue weighted by Crippen LogP contribution is 2.19. The van der Waals surface area contributed by atoms with Crippen molar-refractivity contribution in [2.75, 3.05) is 6.61 Å². The average Bonchev–Trinajstić information content (AvgIpc) is 3.20. The third-order valence-corrected chi connectivity index (χ3v) is 3.93. The summed E-state index contributed by atoms with van der Waals surface area (Å²) in [5.74, 6) is 1.63. The predicted molar refractivity (Wildman–Crippen MR) is 103 cm³/mol. The van der Waals surface area contributed by atoms with Crippen LogP contribution < -0.4 is 14.8 Å². The minimum Gasteiger partial charge on any atom is -0.494 e. The molecule has 0 aliphatic heterocycles. The molecule has 0 bridgehead atoms. The van der Waals surface area contributed by atoms with E-state index < -0.39 is 0 Å². The maximum absolute atomic E-state index is 12.3. The number of furan rings is 1. The summed E-state index contributed by atoms with van der Waals surface area (Å²) < 4.78 is 16.6. The number of hydrogen-bond acceptors (Lipinski definition) is 5. The zero-order valence-corrected chi connectivity index (χ0v) is 15.5. The largest absolute Gasteiger partial charge is 0.494 e. The molecule has 0 radical (unpaired) electrons. The summed E-state index contributed by atoms with van der Waals surface area (Å²) in [4.78, 5) is 12.3. The zero-order chi connectivity index (χ0) is 19.8. The minimum absolute atomic E-state index is 0.127. The van der Waals surface area contributed by atoms with Gasteiger partial charge in [0.05, 0.1) is 12.2 Å². The van der Waals surface area contributed by atoms with E-state index in [4.69, 9.17) is 19.2 Å². The number of rotatable bonds is 8. The standard InChI is InChI=1S/C22H20N2O4/c1-2-26-18-8-5-6-16(12-18)14-24-22(25)21-11-10-19(28-21)15-27-20-9-4-3-7-17(20)13-23/h3-12H,2,14-15H2,1H3,(H,24,25). The molecule has 3 aromatic rings. The molecule has 0 aliphatic carbocycles. The van der Waals surface area contributed by atoms with Crippen molar-refractivity contribution in [3.05, 3.63) is 83.3 Å². The van der Waals surface area contributed by atoms with Gasteiger partial charge < -0.3 is 19.2 Å². The van der Waals surface area contributed by atoms with Gasteiger partial charge in [0.1, 0.15) is 29.9 Å². The molecule has 0 spiro atoms. The molecule has 0 atom stereocenters. The molecule has 0 saturated heterocycles. The van der Waals surface area contributed by atoms with E-state index in [0.717, 1.165) is 11.3 Å². The Morgan fingerprint density at radius 3 is 2.79 bits per heavy atom. The molecule has 0 fully saturated rings. The van der Waals surface area contributed by atoms with Gasteiger partial charge in [0.15, 0.2) is 5.76 Å². The number of nitrogens with zero attached hydrogens (tertiary/aromatic N) is 1. The monoisotopic (exact) mass is 376 g/mol. The fourth-order valence-corrected chi connectivity index (χ4v) is 2.59. The van der Waals surface area contributed by atoms with Crippen LogP contribution in [0.4, 0.5) is 0 Å². The Morgan fingerprint density at radius 1 is 1.11 bits per heavy atom. The number of para-hydroxylation sites is 1. The Labute approximate surface area is 163 Å². The summed E-state index contributed by atoms with van der Waals surface area (Å²) in [7, 11) is 0. The number of hydrogen-bond donors (Lipinski definition) is 1. The van der Waals surface area contributed by atoms with Crippen LogP contribution in [-0.2, 0) is 13.2 Å². The highest BCUT2D eigenvalue weighted by molar-refractivity contribution is 5.91. The second-order valence-corrected chi connectivity index (χ2v) is 5.93. The third-order valence-electron chi connectivity index (χ3n) is 3.93. The van der Waals surface area contributed by atoms with Crippen LogP contribution in [0.2, 0.25) is 0 Å². The Hall–Kier alpha value is -3.72. The SMILES string of the molecule is CCOc1cccc(CNC(=O)c2ccc(COc3ccccc3C#N)o2)c1. The molecule has 2 aromatic carbocycles. The van der Waals surface area contributed by atoms with Gasteiger partial charge in [-0.25, -0.2) is 0 Å². The van der Waals surface area contributed by atoms with Gasteiger partial charge in [0, 0.05) is 6.54 Å². The van der Waals surface area contributed by atoms with Crippen LogP contribution in [0.1, 0.15) is 34.4 Å². The van der Waals surface area contributed by atoms with Crippen molar-refractivity contribution in [2.24, 2.45) is 0 Å². The lowest BCUT2D eigenvalue weighted by Gasteiger charge is -2.07. The lowest BCUT2D eigenvalue weighted by atomic mass is 10.2. The van der Waals surface area contributed by atoms with Crippen molar-refractivity contribution in [1.29, 1.82) is 5.26 Å². The first-order valence-corrected chi connectivity index (χ1v) is 8.90. The smallest absolute Gasteiger partial charge is 0.287 e. The van der Waals surface area contributed by atoms with Crippen LogP contribution in [0.25, 0.3) is 0 Å². The van der Waals surface area contributed by atoms with E-state index in [1.54, 1.807) is 36.4 Å². The number of carbonyl (C=O) groups is 1. The molecule has 28 heavy (non-hydrogen) atoms. The van der Waals surface area contributed by atoms with Crippen LogP contribution in [0, 0.1) is 11.3 Å². The molecular formula is C22H20N2O4. The number of nitrogens with one attached hydrogen (secondary N) is 1. The lowest BCUT2D eigenvalue weighted by Crippen LogP contribution is -2.22. The van der Waals surface area contributed by atoms with Gasteiger partial charge in [0.2, 0.25) is 0 Å². The molecule has 0 saturated carbocycles.